The molecule has 0 radical (unpaired) electrons. The molecule has 1 amide bonds. The molecule has 0 spiro atoms. The van der Waals surface area contributed by atoms with Crippen LogP contribution in [0.5, 0.6) is 0 Å². The number of aliphatic hydroxyl groups is 5. The first kappa shape index (κ1) is 34.4. The molecule has 2 saturated carbocycles. The summed E-state index contributed by atoms with van der Waals surface area (Å²) in [7, 11) is 0. The third-order valence-corrected chi connectivity index (χ3v) is 12.2. The van der Waals surface area contributed by atoms with Crippen molar-refractivity contribution in [3.63, 3.8) is 0 Å². The molecule has 2 bridgehead atoms. The smallest absolute Gasteiger partial charge is 0.338 e. The van der Waals surface area contributed by atoms with Crippen molar-refractivity contribution in [1.29, 1.82) is 0 Å². The normalized spacial score (nSPS) is 38.2. The summed E-state index contributed by atoms with van der Waals surface area (Å²) in [5.41, 5.74) is -4.94. The maximum Gasteiger partial charge on any atom is 0.338 e. The van der Waals surface area contributed by atoms with E-state index in [-0.39, 0.29) is 25.0 Å². The molecule has 48 heavy (non-hydrogen) atoms. The van der Waals surface area contributed by atoms with E-state index in [0.29, 0.717) is 16.7 Å². The van der Waals surface area contributed by atoms with E-state index in [9.17, 15) is 39.9 Å². The summed E-state index contributed by atoms with van der Waals surface area (Å²) in [6.45, 7) is 8.16. The quantitative estimate of drug-likeness (QED) is 0.198. The summed E-state index contributed by atoms with van der Waals surface area (Å²) in [5, 5.41) is 62.0. The van der Waals surface area contributed by atoms with Crippen LogP contribution in [0.2, 0.25) is 0 Å². The Morgan fingerprint density at radius 1 is 1.00 bits per heavy atom. The van der Waals surface area contributed by atoms with Gasteiger partial charge >= 0.3 is 5.97 Å². The van der Waals surface area contributed by atoms with Crippen LogP contribution >= 0.6 is 0 Å². The Hall–Kier alpha value is -3.45. The predicted octanol–water partition coefficient (Wildman–Crippen LogP) is 2.00. The lowest BCUT2D eigenvalue weighted by atomic mass is 9.43. The number of hydrogen-bond acceptors (Lipinski definition) is 10. The molecule has 2 aromatic carbocycles. The highest BCUT2D eigenvalue weighted by Crippen LogP contribution is 2.64. The summed E-state index contributed by atoms with van der Waals surface area (Å²) < 4.78 is 11.5. The van der Waals surface area contributed by atoms with Crippen LogP contribution in [0.3, 0.4) is 0 Å². The van der Waals surface area contributed by atoms with Crippen LogP contribution in [0.1, 0.15) is 69.4 Å². The van der Waals surface area contributed by atoms with Gasteiger partial charge in [0, 0.05) is 29.7 Å². The van der Waals surface area contributed by atoms with Crippen LogP contribution in [0.4, 0.5) is 0 Å². The number of hydrogen-bond donors (Lipinski definition) is 6. The maximum atomic E-state index is 14.3. The van der Waals surface area contributed by atoms with Crippen LogP contribution in [0, 0.1) is 22.7 Å². The first-order chi connectivity index (χ1) is 22.5. The van der Waals surface area contributed by atoms with E-state index in [4.69, 9.17) is 9.47 Å². The SMILES string of the molecule is CC1=C2C(O)C(=O)[C@]3(C)C(O)CC4OCC4(O)C3C(C)C(O)(CC1OC(=O)C(O)C(NC(=O)c1ccccc1)c1ccccc1)C2(C)C. The Kier molecular flexibility index (Phi) is 8.50. The van der Waals surface area contributed by atoms with Crippen molar-refractivity contribution in [2.24, 2.45) is 22.7 Å². The van der Waals surface area contributed by atoms with Gasteiger partial charge in [0.15, 0.2) is 11.9 Å². The third-order valence-electron chi connectivity index (χ3n) is 12.2. The highest BCUT2D eigenvalue weighted by molar-refractivity contribution is 5.95. The summed E-state index contributed by atoms with van der Waals surface area (Å²) in [6.07, 6.45) is -7.06. The largest absolute Gasteiger partial charge is 0.456 e. The molecule has 6 N–H and O–H groups in total. The molecule has 10 unspecified atom stereocenters. The molecule has 1 heterocycles. The van der Waals surface area contributed by atoms with E-state index < -0.39 is 88.1 Å². The topological polar surface area (TPSA) is 183 Å². The summed E-state index contributed by atoms with van der Waals surface area (Å²) in [4.78, 5) is 41.2. The zero-order valence-electron chi connectivity index (χ0n) is 27.8. The van der Waals surface area contributed by atoms with Crippen LogP contribution in [0.15, 0.2) is 71.8 Å². The average Bonchev–Trinajstić information content (AvgIpc) is 3.06. The molecule has 1 aliphatic heterocycles. The summed E-state index contributed by atoms with van der Waals surface area (Å²) >= 11 is 0. The number of aliphatic hydroxyl groups excluding tert-OH is 3. The Balaban J connectivity index is 1.37. The Labute approximate surface area is 279 Å². The molecule has 3 aliphatic carbocycles. The molecule has 11 nitrogen and oxygen atoms in total. The van der Waals surface area contributed by atoms with E-state index in [1.807, 2.05) is 0 Å². The molecule has 11 atom stereocenters. The number of benzene rings is 2. The fourth-order valence-corrected chi connectivity index (χ4v) is 9.28. The molecule has 258 valence electrons. The number of nitrogens with one attached hydrogen (secondary N) is 1. The number of ether oxygens (including phenoxy) is 2. The lowest BCUT2D eigenvalue weighted by Gasteiger charge is -2.67. The minimum atomic E-state index is -1.87. The molecular formula is C37H45NO10. The fraction of sp³-hybridized carbons (Fsp3) is 0.541. The van der Waals surface area contributed by atoms with Gasteiger partial charge in [0.2, 0.25) is 0 Å². The Morgan fingerprint density at radius 3 is 2.19 bits per heavy atom. The van der Waals surface area contributed by atoms with Gasteiger partial charge in [-0.25, -0.2) is 4.79 Å². The molecule has 0 aromatic heterocycles. The second-order valence-corrected chi connectivity index (χ2v) is 14.8. The fourth-order valence-electron chi connectivity index (χ4n) is 9.28. The number of carbonyl (C=O) groups is 3. The first-order valence-electron chi connectivity index (χ1n) is 16.5. The first-order valence-corrected chi connectivity index (χ1v) is 16.5. The van der Waals surface area contributed by atoms with Crippen LogP contribution < -0.4 is 5.32 Å². The number of Topliss-reactive ketones (excluding diaryl/α,β-unsaturated/α-hetero) is 1. The van der Waals surface area contributed by atoms with Crippen molar-refractivity contribution in [2.75, 3.05) is 6.61 Å². The minimum Gasteiger partial charge on any atom is -0.456 e. The van der Waals surface area contributed by atoms with E-state index in [1.54, 1.807) is 88.4 Å². The van der Waals surface area contributed by atoms with E-state index in [1.165, 1.54) is 6.92 Å². The van der Waals surface area contributed by atoms with Crippen molar-refractivity contribution < 1.29 is 49.4 Å². The number of fused-ring (bicyclic) bond motifs is 5. The molecule has 11 heteroatoms. The molecule has 6 rings (SSSR count). The average molecular weight is 664 g/mol. The Bertz CT molecular complexity index is 1630. The highest BCUT2D eigenvalue weighted by atomic mass is 16.6. The standard InChI is InChI=1S/C37H45NO10/c1-19-23(48-33(44)29(41)27(21-12-8-6-9-13-21)38-32(43)22-14-10-7-11-15-22)17-37(46)20(2)30-35(5,24(39)16-25-36(30,45)18-47-25)31(42)28(40)26(19)34(37,3)4/h6-15,20,23-25,27-30,39-41,45-46H,16-18H2,1-5H3,(H,38,43)/t20?,23?,24?,25?,27?,28?,29?,30?,35-,36?,37?/m1/s1. The zero-order valence-corrected chi connectivity index (χ0v) is 27.8. The van der Waals surface area contributed by atoms with Crippen molar-refractivity contribution in [3.05, 3.63) is 82.9 Å². The lowest BCUT2D eigenvalue weighted by Crippen LogP contribution is -2.78. The molecule has 2 aromatic rings. The van der Waals surface area contributed by atoms with Gasteiger partial charge in [-0.3, -0.25) is 9.59 Å². The molecule has 1 saturated heterocycles. The zero-order chi connectivity index (χ0) is 35.0. The number of carbonyl (C=O) groups excluding carboxylic acids is 3. The Morgan fingerprint density at radius 2 is 1.60 bits per heavy atom. The number of esters is 1. The molecule has 4 aliphatic rings. The highest BCUT2D eigenvalue weighted by Gasteiger charge is 2.74. The van der Waals surface area contributed by atoms with Gasteiger partial charge in [0.1, 0.15) is 17.8 Å². The van der Waals surface area contributed by atoms with Gasteiger partial charge in [-0.1, -0.05) is 69.3 Å². The van der Waals surface area contributed by atoms with Crippen molar-refractivity contribution >= 4 is 17.7 Å². The molecular weight excluding hydrogens is 618 g/mol. The number of ketones is 1. The predicted molar refractivity (Wildman–Crippen MR) is 172 cm³/mol. The van der Waals surface area contributed by atoms with Crippen molar-refractivity contribution in [2.45, 2.75) is 95.2 Å². The second kappa shape index (κ2) is 11.9. The van der Waals surface area contributed by atoms with Gasteiger partial charge in [-0.2, -0.15) is 0 Å². The van der Waals surface area contributed by atoms with Crippen molar-refractivity contribution in [1.82, 2.24) is 5.32 Å². The minimum absolute atomic E-state index is 0.00392. The lowest BCUT2D eigenvalue weighted by molar-refractivity contribution is -0.335. The monoisotopic (exact) mass is 663 g/mol. The number of amides is 1. The van der Waals surface area contributed by atoms with Crippen molar-refractivity contribution in [3.8, 4) is 0 Å². The van der Waals surface area contributed by atoms with Gasteiger partial charge < -0.3 is 40.3 Å². The van der Waals surface area contributed by atoms with Crippen LogP contribution in [-0.2, 0) is 19.1 Å². The number of rotatable bonds is 6. The van der Waals surface area contributed by atoms with Gasteiger partial charge in [-0.05, 0) is 48.6 Å². The summed E-state index contributed by atoms with van der Waals surface area (Å²) in [6, 6.07) is 15.6. The van der Waals surface area contributed by atoms with Crippen LogP contribution in [-0.4, -0.2) is 91.5 Å². The van der Waals surface area contributed by atoms with Gasteiger partial charge in [-0.15, -0.1) is 0 Å². The summed E-state index contributed by atoms with van der Waals surface area (Å²) in [5.74, 6) is -4.18. The van der Waals surface area contributed by atoms with E-state index in [0.717, 1.165) is 0 Å². The maximum absolute atomic E-state index is 14.3. The van der Waals surface area contributed by atoms with E-state index >= 15 is 0 Å². The molecule has 3 fully saturated rings. The van der Waals surface area contributed by atoms with E-state index in [2.05, 4.69) is 5.32 Å². The third kappa shape index (κ3) is 4.89. The van der Waals surface area contributed by atoms with Gasteiger partial charge in [0.25, 0.3) is 5.91 Å². The van der Waals surface area contributed by atoms with Crippen LogP contribution in [0.25, 0.3) is 0 Å². The van der Waals surface area contributed by atoms with Gasteiger partial charge in [0.05, 0.1) is 35.9 Å². The second-order valence-electron chi connectivity index (χ2n) is 14.8.